The number of amides is 1. The molecule has 1 amide bonds. The number of likely N-dealkylation sites (N-methyl/N-ethyl adjacent to an activating group) is 2. The fourth-order valence-corrected chi connectivity index (χ4v) is 5.58. The molecule has 11 heteroatoms. The summed E-state index contributed by atoms with van der Waals surface area (Å²) in [6, 6.07) is 0. The van der Waals surface area contributed by atoms with Crippen molar-refractivity contribution in [1.29, 1.82) is 0 Å². The number of carbonyl (C=O) groups is 2. The van der Waals surface area contributed by atoms with Crippen molar-refractivity contribution in [3.8, 4) is 0 Å². The van der Waals surface area contributed by atoms with Crippen LogP contribution >= 0.6 is 0 Å². The molecule has 4 N–H and O–H groups in total. The van der Waals surface area contributed by atoms with Crippen LogP contribution in [0.2, 0.25) is 0 Å². The Balaban J connectivity index is 2.26. The summed E-state index contributed by atoms with van der Waals surface area (Å²) in [7, 11) is 5.01. The standard InChI is InChI=1S/C34H58N2O9/c1-10-26(38)24(4)31-27(43-31)21-33(5,41)16-11-12-22(2)30-23(3)13-14-28(44-32(40)36(8)19-18-35-7)34(6,42-9)17-15-25(37)20-29(39)45-30/h11-14,16,23-28,30-31,35,37-38,41H,10,15,17-21H2,1-9H3/b14-13+,16-11+,22-12+/t23-,24+,25-,26+,27+,28-,30+,31+,33?,34-/m0/s1. The maximum atomic E-state index is 12.9. The van der Waals surface area contributed by atoms with Gasteiger partial charge >= 0.3 is 12.1 Å². The normalized spacial score (nSPS) is 33.2. The van der Waals surface area contributed by atoms with E-state index in [1.807, 2.05) is 40.7 Å². The lowest BCUT2D eigenvalue weighted by atomic mass is 9.88. The first-order valence-corrected chi connectivity index (χ1v) is 16.2. The zero-order valence-corrected chi connectivity index (χ0v) is 28.7. The number of cyclic esters (lactones) is 1. The highest BCUT2D eigenvalue weighted by Gasteiger charge is 2.47. The van der Waals surface area contributed by atoms with E-state index in [1.165, 1.54) is 12.0 Å². The molecule has 2 rings (SSSR count). The molecule has 1 saturated heterocycles. The number of esters is 1. The van der Waals surface area contributed by atoms with Crippen LogP contribution < -0.4 is 5.32 Å². The van der Waals surface area contributed by atoms with Gasteiger partial charge in [0.1, 0.15) is 11.7 Å². The minimum absolute atomic E-state index is 0.00472. The van der Waals surface area contributed by atoms with Gasteiger partial charge in [0.15, 0.2) is 6.10 Å². The first kappa shape index (κ1) is 38.9. The van der Waals surface area contributed by atoms with Gasteiger partial charge in [-0.1, -0.05) is 45.1 Å². The number of hydrogen-bond donors (Lipinski definition) is 4. The Morgan fingerprint density at radius 3 is 2.67 bits per heavy atom. The number of allylic oxidation sites excluding steroid dienone is 2. The minimum atomic E-state index is -1.14. The van der Waals surface area contributed by atoms with Crippen molar-refractivity contribution in [1.82, 2.24) is 10.2 Å². The predicted octanol–water partition coefficient (Wildman–Crippen LogP) is 3.51. The van der Waals surface area contributed by atoms with E-state index in [9.17, 15) is 24.9 Å². The monoisotopic (exact) mass is 638 g/mol. The Bertz CT molecular complexity index is 1040. The maximum absolute atomic E-state index is 12.9. The second-order valence-electron chi connectivity index (χ2n) is 13.2. The lowest BCUT2D eigenvalue weighted by Crippen LogP contribution is -2.46. The van der Waals surface area contributed by atoms with Crippen LogP contribution in [-0.4, -0.2) is 114 Å². The Hall–Kier alpha value is -2.28. The third-order valence-electron chi connectivity index (χ3n) is 9.05. The number of carbonyl (C=O) groups excluding carboxylic acids is 2. The molecule has 1 unspecified atom stereocenters. The summed E-state index contributed by atoms with van der Waals surface area (Å²) >= 11 is 0. The highest BCUT2D eigenvalue weighted by Crippen LogP contribution is 2.37. The van der Waals surface area contributed by atoms with Gasteiger partial charge < -0.3 is 44.5 Å². The van der Waals surface area contributed by atoms with E-state index in [0.717, 1.165) is 5.57 Å². The van der Waals surface area contributed by atoms with Crippen molar-refractivity contribution in [2.75, 3.05) is 34.3 Å². The maximum Gasteiger partial charge on any atom is 0.410 e. The molecule has 10 atom stereocenters. The molecule has 1 fully saturated rings. The molecule has 0 saturated carbocycles. The van der Waals surface area contributed by atoms with E-state index in [0.29, 0.717) is 32.4 Å². The van der Waals surface area contributed by atoms with Gasteiger partial charge in [-0.05, 0) is 58.7 Å². The van der Waals surface area contributed by atoms with Crippen molar-refractivity contribution >= 4 is 12.1 Å². The summed E-state index contributed by atoms with van der Waals surface area (Å²) in [5.74, 6) is -0.854. The molecule has 0 spiro atoms. The molecule has 0 aromatic rings. The number of aliphatic hydroxyl groups is 3. The molecule has 258 valence electrons. The zero-order chi connectivity index (χ0) is 33.9. The summed E-state index contributed by atoms with van der Waals surface area (Å²) in [6.07, 6.45) is 6.72. The fourth-order valence-electron chi connectivity index (χ4n) is 5.58. The molecule has 2 aliphatic heterocycles. The van der Waals surface area contributed by atoms with Crippen molar-refractivity contribution in [3.05, 3.63) is 36.0 Å². The van der Waals surface area contributed by atoms with Crippen LogP contribution in [0.1, 0.15) is 73.6 Å². The topological polar surface area (TPSA) is 150 Å². The first-order chi connectivity index (χ1) is 21.1. The van der Waals surface area contributed by atoms with Crippen LogP contribution in [0.3, 0.4) is 0 Å². The van der Waals surface area contributed by atoms with Gasteiger partial charge in [-0.15, -0.1) is 0 Å². The molecule has 11 nitrogen and oxygen atoms in total. The summed E-state index contributed by atoms with van der Waals surface area (Å²) in [5, 5.41) is 34.8. The van der Waals surface area contributed by atoms with Crippen molar-refractivity contribution in [3.63, 3.8) is 0 Å². The molecule has 2 heterocycles. The van der Waals surface area contributed by atoms with Crippen LogP contribution in [0.15, 0.2) is 36.0 Å². The van der Waals surface area contributed by atoms with E-state index in [1.54, 1.807) is 45.3 Å². The molecule has 2 aliphatic rings. The zero-order valence-electron chi connectivity index (χ0n) is 28.7. The minimum Gasteiger partial charge on any atom is -0.457 e. The number of ether oxygens (including phenoxy) is 4. The average Bonchev–Trinajstić information content (AvgIpc) is 3.75. The van der Waals surface area contributed by atoms with Gasteiger partial charge in [0.25, 0.3) is 0 Å². The molecule has 0 bridgehead atoms. The Kier molecular flexibility index (Phi) is 15.2. The summed E-state index contributed by atoms with van der Waals surface area (Å²) in [6.45, 7) is 12.2. The number of aliphatic hydroxyl groups excluding tert-OH is 2. The van der Waals surface area contributed by atoms with Crippen molar-refractivity contribution < 1.29 is 43.9 Å². The van der Waals surface area contributed by atoms with Gasteiger partial charge in [0, 0.05) is 45.5 Å². The molecule has 0 aromatic carbocycles. The largest absolute Gasteiger partial charge is 0.457 e. The average molecular weight is 639 g/mol. The van der Waals surface area contributed by atoms with Gasteiger partial charge in [0.05, 0.1) is 36.4 Å². The Morgan fingerprint density at radius 2 is 2.04 bits per heavy atom. The Labute approximate surface area is 269 Å². The number of epoxide rings is 1. The van der Waals surface area contributed by atoms with Crippen molar-refractivity contribution in [2.45, 2.75) is 121 Å². The van der Waals surface area contributed by atoms with Crippen LogP contribution in [-0.2, 0) is 23.7 Å². The fraction of sp³-hybridized carbons (Fsp3) is 0.765. The van der Waals surface area contributed by atoms with Gasteiger partial charge in [-0.25, -0.2) is 4.79 Å². The van der Waals surface area contributed by atoms with Crippen LogP contribution in [0.4, 0.5) is 4.79 Å². The lowest BCUT2D eigenvalue weighted by Gasteiger charge is -2.36. The summed E-state index contributed by atoms with van der Waals surface area (Å²) in [4.78, 5) is 27.3. The van der Waals surface area contributed by atoms with E-state index < -0.39 is 47.7 Å². The number of nitrogens with one attached hydrogen (secondary N) is 1. The predicted molar refractivity (Wildman–Crippen MR) is 173 cm³/mol. The third-order valence-corrected chi connectivity index (χ3v) is 9.05. The van der Waals surface area contributed by atoms with E-state index in [-0.39, 0.29) is 36.9 Å². The summed E-state index contributed by atoms with van der Waals surface area (Å²) in [5.41, 5.74) is -1.37. The molecule has 0 aliphatic carbocycles. The smallest absolute Gasteiger partial charge is 0.410 e. The highest BCUT2D eigenvalue weighted by atomic mass is 16.6. The quantitative estimate of drug-likeness (QED) is 0.102. The van der Waals surface area contributed by atoms with Crippen LogP contribution in [0, 0.1) is 11.8 Å². The molecule has 0 aromatic heterocycles. The van der Waals surface area contributed by atoms with Crippen LogP contribution in [0.5, 0.6) is 0 Å². The Morgan fingerprint density at radius 1 is 1.36 bits per heavy atom. The molecule has 45 heavy (non-hydrogen) atoms. The third kappa shape index (κ3) is 12.1. The second kappa shape index (κ2) is 17.6. The van der Waals surface area contributed by atoms with Crippen molar-refractivity contribution in [2.24, 2.45) is 11.8 Å². The summed E-state index contributed by atoms with van der Waals surface area (Å²) < 4.78 is 23.4. The molecular formula is C34H58N2O9. The second-order valence-corrected chi connectivity index (χ2v) is 13.2. The molecule has 0 radical (unpaired) electrons. The first-order valence-electron chi connectivity index (χ1n) is 16.2. The van der Waals surface area contributed by atoms with E-state index >= 15 is 0 Å². The number of nitrogens with zero attached hydrogens (tertiary/aromatic N) is 1. The highest BCUT2D eigenvalue weighted by molar-refractivity contribution is 5.70. The molecular weight excluding hydrogens is 580 g/mol. The van der Waals surface area contributed by atoms with E-state index in [4.69, 9.17) is 18.9 Å². The van der Waals surface area contributed by atoms with Gasteiger partial charge in [-0.2, -0.15) is 0 Å². The lowest BCUT2D eigenvalue weighted by molar-refractivity contribution is -0.151. The van der Waals surface area contributed by atoms with E-state index in [2.05, 4.69) is 5.32 Å². The SMILES string of the molecule is CC[C@@H](O)[C@@H](C)[C@H]1O[C@@H]1CC(C)(O)/C=C/C=C(\C)[C@H]1OC(=O)C[C@@H](O)CC[C@](C)(OC)[C@@H](OC(=O)N(C)CCNC)/C=C/[C@@H]1C. The van der Waals surface area contributed by atoms with Gasteiger partial charge in [-0.3, -0.25) is 4.79 Å². The number of hydrogen-bond acceptors (Lipinski definition) is 10. The number of rotatable bonds is 13. The van der Waals surface area contributed by atoms with Crippen LogP contribution in [0.25, 0.3) is 0 Å². The van der Waals surface area contributed by atoms with Gasteiger partial charge in [0.2, 0.25) is 0 Å². The number of methoxy groups -OCH3 is 1.